The van der Waals surface area contributed by atoms with E-state index in [4.69, 9.17) is 23.2 Å². The van der Waals surface area contributed by atoms with Gasteiger partial charge in [0.15, 0.2) is 0 Å². The molecule has 1 aromatic carbocycles. The van der Waals surface area contributed by atoms with E-state index >= 15 is 0 Å². The smallest absolute Gasteiger partial charge is 0.224 e. The average Bonchev–Trinajstić information content (AvgIpc) is 2.28. The molecule has 104 valence electrons. The van der Waals surface area contributed by atoms with Crippen LogP contribution >= 0.6 is 23.2 Å². The van der Waals surface area contributed by atoms with Crippen LogP contribution in [0.5, 0.6) is 0 Å². The maximum atomic E-state index is 11.8. The van der Waals surface area contributed by atoms with Gasteiger partial charge < -0.3 is 5.32 Å². The van der Waals surface area contributed by atoms with Crippen molar-refractivity contribution in [1.29, 1.82) is 0 Å². The number of halogens is 2. The van der Waals surface area contributed by atoms with Crippen molar-refractivity contribution in [3.05, 3.63) is 35.4 Å². The molecule has 1 amide bonds. The van der Waals surface area contributed by atoms with Crippen LogP contribution in [0.2, 0.25) is 5.02 Å². The summed E-state index contributed by atoms with van der Waals surface area (Å²) in [7, 11) is 0. The van der Waals surface area contributed by atoms with Gasteiger partial charge in [-0.15, -0.1) is 11.6 Å². The van der Waals surface area contributed by atoms with E-state index in [9.17, 15) is 4.79 Å². The Morgan fingerprint density at radius 2 is 2.05 bits per heavy atom. The highest BCUT2D eigenvalue weighted by molar-refractivity contribution is 6.32. The van der Waals surface area contributed by atoms with E-state index < -0.39 is 0 Å². The zero-order valence-electron chi connectivity index (χ0n) is 11.5. The number of benzene rings is 1. The second-order valence-electron chi connectivity index (χ2n) is 5.24. The average molecular weight is 300 g/mol. The third-order valence-electron chi connectivity index (χ3n) is 2.66. The Labute approximate surface area is 124 Å². The number of rotatable bonds is 5. The molecule has 0 saturated heterocycles. The van der Waals surface area contributed by atoms with Crippen molar-refractivity contribution >= 4 is 40.4 Å². The van der Waals surface area contributed by atoms with Gasteiger partial charge in [0.1, 0.15) is 0 Å². The predicted octanol–water partition coefficient (Wildman–Crippen LogP) is 5.11. The summed E-state index contributed by atoms with van der Waals surface area (Å²) in [6, 6.07) is 5.36. The molecule has 0 heterocycles. The molecule has 0 fully saturated rings. The molecule has 1 rings (SSSR count). The van der Waals surface area contributed by atoms with Gasteiger partial charge in [0, 0.05) is 22.0 Å². The quantitative estimate of drug-likeness (QED) is 0.752. The van der Waals surface area contributed by atoms with Crippen LogP contribution in [0.15, 0.2) is 24.8 Å². The lowest BCUT2D eigenvalue weighted by molar-refractivity contribution is -0.116. The van der Waals surface area contributed by atoms with E-state index in [1.165, 1.54) is 0 Å². The molecular weight excluding hydrogens is 281 g/mol. The molecular formula is C15H19Cl2NO. The molecule has 2 nitrogen and oxygen atoms in total. The lowest BCUT2D eigenvalue weighted by atomic mass is 10.1. The first-order valence-corrected chi connectivity index (χ1v) is 6.89. The maximum Gasteiger partial charge on any atom is 0.224 e. The number of hydrogen-bond donors (Lipinski definition) is 1. The molecule has 0 aliphatic heterocycles. The van der Waals surface area contributed by atoms with E-state index in [0.29, 0.717) is 17.9 Å². The highest BCUT2D eigenvalue weighted by atomic mass is 35.5. The van der Waals surface area contributed by atoms with Crippen molar-refractivity contribution < 1.29 is 4.79 Å². The van der Waals surface area contributed by atoms with Gasteiger partial charge in [-0.1, -0.05) is 18.2 Å². The maximum absolute atomic E-state index is 11.8. The van der Waals surface area contributed by atoms with Crippen LogP contribution in [0, 0.1) is 0 Å². The first kappa shape index (κ1) is 16.1. The van der Waals surface area contributed by atoms with Gasteiger partial charge in [0.05, 0.1) is 0 Å². The molecule has 4 heteroatoms. The molecule has 0 aromatic heterocycles. The molecule has 0 bridgehead atoms. The number of carbonyl (C=O) groups excluding carboxylic acids is 1. The first-order valence-electron chi connectivity index (χ1n) is 6.13. The largest absolute Gasteiger partial charge is 0.326 e. The predicted molar refractivity (Wildman–Crippen MR) is 84.0 cm³/mol. The second kappa shape index (κ2) is 6.44. The molecule has 0 atom stereocenters. The Balaban J connectivity index is 2.70. The number of allylic oxidation sites excluding steroid dienone is 1. The van der Waals surface area contributed by atoms with E-state index in [1.54, 1.807) is 12.1 Å². The Morgan fingerprint density at radius 1 is 1.42 bits per heavy atom. The minimum atomic E-state index is -0.361. The fourth-order valence-corrected chi connectivity index (χ4v) is 1.94. The lowest BCUT2D eigenvalue weighted by Crippen LogP contribution is -2.17. The van der Waals surface area contributed by atoms with Gasteiger partial charge >= 0.3 is 0 Å². The molecule has 0 aliphatic rings. The van der Waals surface area contributed by atoms with Gasteiger partial charge in [0.2, 0.25) is 5.91 Å². The van der Waals surface area contributed by atoms with Crippen molar-refractivity contribution in [3.63, 3.8) is 0 Å². The number of anilines is 1. The zero-order chi connectivity index (χ0) is 14.6. The van der Waals surface area contributed by atoms with Crippen molar-refractivity contribution in [2.75, 3.05) is 5.32 Å². The van der Waals surface area contributed by atoms with Crippen molar-refractivity contribution in [2.45, 2.75) is 38.5 Å². The van der Waals surface area contributed by atoms with Gasteiger partial charge in [-0.25, -0.2) is 0 Å². The Bertz CT molecular complexity index is 489. The highest BCUT2D eigenvalue weighted by Crippen LogP contribution is 2.26. The standard InChI is InChI=1S/C15H19Cl2NO/c1-10(2)12-9-11(5-6-13(12)16)18-14(19)7-8-15(3,4)17/h5-6,9H,1,7-8H2,2-4H3,(H,18,19). The third-order valence-corrected chi connectivity index (χ3v) is 3.18. The second-order valence-corrected chi connectivity index (χ2v) is 6.67. The molecule has 0 unspecified atom stereocenters. The van der Waals surface area contributed by atoms with Crippen LogP contribution in [0.3, 0.4) is 0 Å². The van der Waals surface area contributed by atoms with Crippen LogP contribution in [-0.4, -0.2) is 10.8 Å². The van der Waals surface area contributed by atoms with E-state index in [2.05, 4.69) is 11.9 Å². The van der Waals surface area contributed by atoms with Crippen molar-refractivity contribution in [2.24, 2.45) is 0 Å². The SMILES string of the molecule is C=C(C)c1cc(NC(=O)CCC(C)(C)Cl)ccc1Cl. The summed E-state index contributed by atoms with van der Waals surface area (Å²) in [5.41, 5.74) is 2.43. The van der Waals surface area contributed by atoms with E-state index in [0.717, 1.165) is 16.8 Å². The Hall–Kier alpha value is -0.990. The van der Waals surface area contributed by atoms with Crippen molar-refractivity contribution in [1.82, 2.24) is 0 Å². The molecule has 0 aliphatic carbocycles. The monoisotopic (exact) mass is 299 g/mol. The number of amides is 1. The van der Waals surface area contributed by atoms with Crippen LogP contribution < -0.4 is 5.32 Å². The number of carbonyl (C=O) groups is 1. The molecule has 0 spiro atoms. The first-order chi connectivity index (χ1) is 8.69. The Kier molecular flexibility index (Phi) is 5.45. The van der Waals surface area contributed by atoms with Gasteiger partial charge in [-0.05, 0) is 56.5 Å². The number of hydrogen-bond acceptors (Lipinski definition) is 1. The van der Waals surface area contributed by atoms with Gasteiger partial charge in [-0.3, -0.25) is 4.79 Å². The summed E-state index contributed by atoms with van der Waals surface area (Å²) in [5.74, 6) is -0.0521. The van der Waals surface area contributed by atoms with Crippen LogP contribution in [-0.2, 0) is 4.79 Å². The van der Waals surface area contributed by atoms with Crippen molar-refractivity contribution in [3.8, 4) is 0 Å². The zero-order valence-corrected chi connectivity index (χ0v) is 13.0. The molecule has 1 N–H and O–H groups in total. The van der Waals surface area contributed by atoms with Crippen LogP contribution in [0.25, 0.3) is 5.57 Å². The van der Waals surface area contributed by atoms with Crippen LogP contribution in [0.1, 0.15) is 39.2 Å². The number of alkyl halides is 1. The topological polar surface area (TPSA) is 29.1 Å². The summed E-state index contributed by atoms with van der Waals surface area (Å²) in [6.45, 7) is 9.52. The number of nitrogens with one attached hydrogen (secondary N) is 1. The Morgan fingerprint density at radius 3 is 2.58 bits per heavy atom. The molecule has 0 saturated carbocycles. The lowest BCUT2D eigenvalue weighted by Gasteiger charge is -2.15. The normalized spacial score (nSPS) is 11.2. The molecule has 19 heavy (non-hydrogen) atoms. The minimum Gasteiger partial charge on any atom is -0.326 e. The summed E-state index contributed by atoms with van der Waals surface area (Å²) < 4.78 is 0. The van der Waals surface area contributed by atoms with Gasteiger partial charge in [-0.2, -0.15) is 0 Å². The minimum absolute atomic E-state index is 0.0521. The van der Waals surface area contributed by atoms with E-state index in [1.807, 2.05) is 26.8 Å². The van der Waals surface area contributed by atoms with Crippen LogP contribution in [0.4, 0.5) is 5.69 Å². The summed E-state index contributed by atoms with van der Waals surface area (Å²) >= 11 is 12.1. The molecule has 0 radical (unpaired) electrons. The summed E-state index contributed by atoms with van der Waals surface area (Å²) in [4.78, 5) is 11.4. The fourth-order valence-electron chi connectivity index (χ4n) is 1.56. The molecule has 1 aromatic rings. The summed E-state index contributed by atoms with van der Waals surface area (Å²) in [6.07, 6.45) is 1.02. The highest BCUT2D eigenvalue weighted by Gasteiger charge is 2.15. The summed E-state index contributed by atoms with van der Waals surface area (Å²) in [5, 5.41) is 3.47. The van der Waals surface area contributed by atoms with E-state index in [-0.39, 0.29) is 10.8 Å². The van der Waals surface area contributed by atoms with Gasteiger partial charge in [0.25, 0.3) is 0 Å². The third kappa shape index (κ3) is 5.66. The fraction of sp³-hybridized carbons (Fsp3) is 0.400.